The zero-order valence-electron chi connectivity index (χ0n) is 15.0. The van der Waals surface area contributed by atoms with Crippen molar-refractivity contribution in [2.24, 2.45) is 0 Å². The second kappa shape index (κ2) is 10.6. The number of carbonyl (C=O) groups is 1. The van der Waals surface area contributed by atoms with Crippen LogP contribution in [0.1, 0.15) is 17.5 Å². The van der Waals surface area contributed by atoms with Crippen LogP contribution in [0.2, 0.25) is 0 Å². The van der Waals surface area contributed by atoms with Gasteiger partial charge in [-0.3, -0.25) is 4.79 Å². The average Bonchev–Trinajstić information content (AvgIpc) is 3.09. The topological polar surface area (TPSA) is 89.1 Å². The van der Waals surface area contributed by atoms with Gasteiger partial charge in [0.1, 0.15) is 5.75 Å². The summed E-state index contributed by atoms with van der Waals surface area (Å²) in [6.07, 6.45) is 11.2. The summed E-state index contributed by atoms with van der Waals surface area (Å²) in [5, 5.41) is 4.14. The highest BCUT2D eigenvalue weighted by molar-refractivity contribution is 5.84. The maximum Gasteiger partial charge on any atom is 0.220 e. The molecule has 3 aromatic rings. The summed E-state index contributed by atoms with van der Waals surface area (Å²) in [6.45, 7) is 0.483. The SMILES string of the molecule is C#C.COc1ccccc1CNC(=O)CCc1c[nH]c2ccccc12.N. The fourth-order valence-corrected chi connectivity index (χ4v) is 2.72. The number of methoxy groups -OCH3 is 1. The lowest BCUT2D eigenvalue weighted by atomic mass is 10.1. The summed E-state index contributed by atoms with van der Waals surface area (Å²) in [4.78, 5) is 15.3. The van der Waals surface area contributed by atoms with Crippen LogP contribution in [0.4, 0.5) is 0 Å². The highest BCUT2D eigenvalue weighted by atomic mass is 16.5. The Balaban J connectivity index is 0.00000109. The van der Waals surface area contributed by atoms with E-state index in [1.165, 1.54) is 10.9 Å². The van der Waals surface area contributed by atoms with Crippen LogP contribution in [0.25, 0.3) is 10.9 Å². The predicted octanol–water partition coefficient (Wildman–Crippen LogP) is 3.84. The molecular weight excluding hydrogens is 326 g/mol. The van der Waals surface area contributed by atoms with E-state index in [0.717, 1.165) is 23.3 Å². The molecule has 0 aliphatic heterocycles. The first-order valence-electron chi connectivity index (χ1n) is 8.05. The Bertz CT molecular complexity index is 852. The zero-order valence-corrected chi connectivity index (χ0v) is 15.0. The number of hydrogen-bond donors (Lipinski definition) is 3. The zero-order chi connectivity index (χ0) is 18.1. The summed E-state index contributed by atoms with van der Waals surface area (Å²) in [5.41, 5.74) is 3.26. The predicted molar refractivity (Wildman–Crippen MR) is 106 cm³/mol. The maximum absolute atomic E-state index is 12.1. The molecule has 1 amide bonds. The summed E-state index contributed by atoms with van der Waals surface area (Å²) in [7, 11) is 1.64. The van der Waals surface area contributed by atoms with E-state index in [2.05, 4.69) is 29.2 Å². The molecule has 0 saturated carbocycles. The molecule has 5 N–H and O–H groups in total. The molecule has 3 rings (SSSR count). The van der Waals surface area contributed by atoms with Crippen molar-refractivity contribution in [3.63, 3.8) is 0 Å². The number of H-pyrrole nitrogens is 1. The van der Waals surface area contributed by atoms with E-state index in [-0.39, 0.29) is 12.1 Å². The number of hydrogen-bond acceptors (Lipinski definition) is 3. The fourth-order valence-electron chi connectivity index (χ4n) is 2.72. The average molecular weight is 351 g/mol. The molecule has 0 saturated heterocycles. The maximum atomic E-state index is 12.1. The molecule has 0 spiro atoms. The van der Waals surface area contributed by atoms with Crippen LogP contribution < -0.4 is 16.2 Å². The number of aryl methyl sites for hydroxylation is 1. The van der Waals surface area contributed by atoms with E-state index in [1.54, 1.807) is 7.11 Å². The van der Waals surface area contributed by atoms with Crippen LogP contribution in [-0.4, -0.2) is 18.0 Å². The lowest BCUT2D eigenvalue weighted by molar-refractivity contribution is -0.121. The van der Waals surface area contributed by atoms with Crippen LogP contribution in [-0.2, 0) is 17.8 Å². The summed E-state index contributed by atoms with van der Waals surface area (Å²) < 4.78 is 5.29. The van der Waals surface area contributed by atoms with Gasteiger partial charge in [0.15, 0.2) is 0 Å². The van der Waals surface area contributed by atoms with Gasteiger partial charge >= 0.3 is 0 Å². The third-order valence-corrected chi connectivity index (χ3v) is 3.96. The number of para-hydroxylation sites is 2. The van der Waals surface area contributed by atoms with Gasteiger partial charge in [-0.05, 0) is 24.1 Å². The molecule has 136 valence electrons. The monoisotopic (exact) mass is 351 g/mol. The fraction of sp³-hybridized carbons (Fsp3) is 0.190. The van der Waals surface area contributed by atoms with E-state index in [0.29, 0.717) is 13.0 Å². The van der Waals surface area contributed by atoms with Crippen LogP contribution in [0, 0.1) is 12.8 Å². The molecule has 5 heteroatoms. The van der Waals surface area contributed by atoms with E-state index in [9.17, 15) is 4.79 Å². The van der Waals surface area contributed by atoms with E-state index in [1.807, 2.05) is 48.7 Å². The van der Waals surface area contributed by atoms with Gasteiger partial charge in [0.2, 0.25) is 5.91 Å². The van der Waals surface area contributed by atoms with E-state index < -0.39 is 0 Å². The molecule has 0 aliphatic carbocycles. The van der Waals surface area contributed by atoms with E-state index >= 15 is 0 Å². The largest absolute Gasteiger partial charge is 0.496 e. The molecule has 2 aromatic carbocycles. The third-order valence-electron chi connectivity index (χ3n) is 3.96. The number of benzene rings is 2. The van der Waals surface area contributed by atoms with Gasteiger partial charge in [0, 0.05) is 35.6 Å². The minimum atomic E-state index is 0. The Kier molecular flexibility index (Phi) is 8.48. The standard InChI is InChI=1S/C19H20N2O2.C2H2.H3N/c1-23-18-9-5-2-6-15(18)13-21-19(22)11-10-14-12-20-17-8-4-3-7-16(14)17;1-2;/h2-9,12,20H,10-11,13H2,1H3,(H,21,22);1-2H;1H3. The highest BCUT2D eigenvalue weighted by Crippen LogP contribution is 2.19. The van der Waals surface area contributed by atoms with Crippen molar-refractivity contribution in [3.05, 3.63) is 65.9 Å². The number of fused-ring (bicyclic) bond motifs is 1. The van der Waals surface area contributed by atoms with Crippen LogP contribution >= 0.6 is 0 Å². The minimum absolute atomic E-state index is 0. The second-order valence-electron chi connectivity index (χ2n) is 5.45. The molecule has 0 atom stereocenters. The first kappa shape index (κ1) is 20.8. The van der Waals surface area contributed by atoms with Gasteiger partial charge < -0.3 is 21.2 Å². The van der Waals surface area contributed by atoms with Gasteiger partial charge in [-0.15, -0.1) is 12.8 Å². The summed E-state index contributed by atoms with van der Waals surface area (Å²) >= 11 is 0. The first-order valence-corrected chi connectivity index (χ1v) is 8.05. The molecule has 0 radical (unpaired) electrons. The van der Waals surface area contributed by atoms with Gasteiger partial charge in [-0.2, -0.15) is 0 Å². The summed E-state index contributed by atoms with van der Waals surface area (Å²) in [5.74, 6) is 0.839. The molecule has 26 heavy (non-hydrogen) atoms. The van der Waals surface area contributed by atoms with Crippen LogP contribution in [0.3, 0.4) is 0 Å². The second-order valence-corrected chi connectivity index (χ2v) is 5.45. The van der Waals surface area contributed by atoms with Gasteiger partial charge in [-0.25, -0.2) is 0 Å². The Labute approximate surface area is 154 Å². The Hall–Kier alpha value is -3.23. The third kappa shape index (κ3) is 5.13. The number of terminal acetylenes is 1. The molecular formula is C21H25N3O2. The number of nitrogens with one attached hydrogen (secondary N) is 2. The Morgan fingerprint density at radius 2 is 1.77 bits per heavy atom. The molecule has 0 fully saturated rings. The lowest BCUT2D eigenvalue weighted by Gasteiger charge is -2.09. The van der Waals surface area contributed by atoms with Gasteiger partial charge in [-0.1, -0.05) is 36.4 Å². The number of aromatic nitrogens is 1. The van der Waals surface area contributed by atoms with E-state index in [4.69, 9.17) is 4.74 Å². The Morgan fingerprint density at radius 1 is 1.08 bits per heavy atom. The molecule has 0 aliphatic rings. The normalized spacial score (nSPS) is 9.50. The molecule has 1 aromatic heterocycles. The number of amides is 1. The number of aromatic amines is 1. The number of ether oxygens (including phenoxy) is 1. The van der Waals surface area contributed by atoms with Gasteiger partial charge in [0.25, 0.3) is 0 Å². The van der Waals surface area contributed by atoms with Crippen molar-refractivity contribution in [2.45, 2.75) is 19.4 Å². The molecule has 0 bridgehead atoms. The van der Waals surface area contributed by atoms with Crippen molar-refractivity contribution in [1.29, 1.82) is 0 Å². The smallest absolute Gasteiger partial charge is 0.220 e. The van der Waals surface area contributed by atoms with Crippen LogP contribution in [0.15, 0.2) is 54.7 Å². The summed E-state index contributed by atoms with van der Waals surface area (Å²) in [6, 6.07) is 15.8. The van der Waals surface area contributed by atoms with Crippen molar-refractivity contribution >= 4 is 16.8 Å². The number of rotatable bonds is 6. The first-order chi connectivity index (χ1) is 12.3. The van der Waals surface area contributed by atoms with Crippen molar-refractivity contribution in [2.75, 3.05) is 7.11 Å². The van der Waals surface area contributed by atoms with Crippen LogP contribution in [0.5, 0.6) is 5.75 Å². The van der Waals surface area contributed by atoms with Crippen molar-refractivity contribution in [3.8, 4) is 18.6 Å². The highest BCUT2D eigenvalue weighted by Gasteiger charge is 2.08. The minimum Gasteiger partial charge on any atom is -0.496 e. The van der Waals surface area contributed by atoms with Gasteiger partial charge in [0.05, 0.1) is 7.11 Å². The lowest BCUT2D eigenvalue weighted by Crippen LogP contribution is -2.23. The van der Waals surface area contributed by atoms with Crippen molar-refractivity contribution in [1.82, 2.24) is 16.5 Å². The molecule has 5 nitrogen and oxygen atoms in total. The molecule has 0 unspecified atom stereocenters. The Morgan fingerprint density at radius 3 is 2.54 bits per heavy atom. The number of carbonyl (C=O) groups excluding carboxylic acids is 1. The molecule has 1 heterocycles. The quantitative estimate of drug-likeness (QED) is 0.590. The van der Waals surface area contributed by atoms with Crippen molar-refractivity contribution < 1.29 is 9.53 Å².